The van der Waals surface area contributed by atoms with Crippen LogP contribution in [0.5, 0.6) is 5.75 Å². The molecule has 0 saturated heterocycles. The molecule has 1 aromatic rings. The predicted octanol–water partition coefficient (Wildman–Crippen LogP) is 1.76. The molecule has 0 heterocycles. The molecule has 5 nitrogen and oxygen atoms in total. The number of hydrogen-bond donors (Lipinski definition) is 2. The molecule has 1 aromatic carbocycles. The number of oxime groups is 1. The average molecular weight is 272 g/mol. The topological polar surface area (TPSA) is 71.1 Å². The van der Waals surface area contributed by atoms with E-state index in [1.54, 1.807) is 18.2 Å². The van der Waals surface area contributed by atoms with E-state index in [9.17, 15) is 0 Å². The quantitative estimate of drug-likeness (QED) is 0.272. The second-order valence-electron chi connectivity index (χ2n) is 4.10. The van der Waals surface area contributed by atoms with Crippen LogP contribution in [-0.2, 0) is 0 Å². The minimum atomic E-state index is -0.0526. The fraction of sp³-hybridized carbons (Fsp3) is 0.417. The zero-order chi connectivity index (χ0) is 13.5. The van der Waals surface area contributed by atoms with E-state index < -0.39 is 0 Å². The van der Waals surface area contributed by atoms with Crippen molar-refractivity contribution in [3.63, 3.8) is 0 Å². The fourth-order valence-corrected chi connectivity index (χ4v) is 1.75. The summed E-state index contributed by atoms with van der Waals surface area (Å²) in [5.74, 6) is 0.472. The maximum atomic E-state index is 8.72. The van der Waals surface area contributed by atoms with E-state index >= 15 is 0 Å². The van der Waals surface area contributed by atoms with Gasteiger partial charge in [0, 0.05) is 6.54 Å². The van der Waals surface area contributed by atoms with Gasteiger partial charge in [0.15, 0.2) is 5.84 Å². The molecule has 0 atom stereocenters. The van der Waals surface area contributed by atoms with Crippen LogP contribution in [0.15, 0.2) is 23.4 Å². The smallest absolute Gasteiger partial charge is 0.175 e. The summed E-state index contributed by atoms with van der Waals surface area (Å²) >= 11 is 6.01. The van der Waals surface area contributed by atoms with E-state index in [-0.39, 0.29) is 5.84 Å². The van der Waals surface area contributed by atoms with Crippen molar-refractivity contribution in [2.45, 2.75) is 6.42 Å². The fourth-order valence-electron chi connectivity index (χ4n) is 1.49. The molecule has 0 bridgehead atoms. The number of nitrogens with zero attached hydrogens (tertiary/aromatic N) is 2. The SMILES string of the molecule is CN(C)CCCOc1cccc(Cl)c1C(N)=NO. The van der Waals surface area contributed by atoms with Gasteiger partial charge in [-0.1, -0.05) is 22.8 Å². The van der Waals surface area contributed by atoms with Crippen molar-refractivity contribution in [1.82, 2.24) is 4.90 Å². The molecule has 6 heteroatoms. The number of halogens is 1. The summed E-state index contributed by atoms with van der Waals surface area (Å²) in [4.78, 5) is 2.08. The lowest BCUT2D eigenvalue weighted by molar-refractivity contribution is 0.280. The first-order valence-electron chi connectivity index (χ1n) is 5.60. The lowest BCUT2D eigenvalue weighted by Gasteiger charge is -2.13. The number of ether oxygens (including phenoxy) is 1. The molecule has 0 spiro atoms. The van der Waals surface area contributed by atoms with Crippen molar-refractivity contribution < 1.29 is 9.94 Å². The Kier molecular flexibility index (Phi) is 5.74. The Morgan fingerprint density at radius 2 is 2.22 bits per heavy atom. The summed E-state index contributed by atoms with van der Waals surface area (Å²) in [7, 11) is 4.00. The van der Waals surface area contributed by atoms with Crippen molar-refractivity contribution in [2.75, 3.05) is 27.2 Å². The second kappa shape index (κ2) is 7.08. The molecule has 0 amide bonds. The zero-order valence-electron chi connectivity index (χ0n) is 10.6. The van der Waals surface area contributed by atoms with Gasteiger partial charge in [-0.15, -0.1) is 0 Å². The summed E-state index contributed by atoms with van der Waals surface area (Å²) in [6.45, 7) is 1.48. The van der Waals surface area contributed by atoms with Crippen LogP contribution in [0.1, 0.15) is 12.0 Å². The third kappa shape index (κ3) is 4.09. The summed E-state index contributed by atoms with van der Waals surface area (Å²) in [5, 5.41) is 12.1. The van der Waals surface area contributed by atoms with Gasteiger partial charge in [0.1, 0.15) is 5.75 Å². The van der Waals surface area contributed by atoms with Crippen molar-refractivity contribution >= 4 is 17.4 Å². The highest BCUT2D eigenvalue weighted by Gasteiger charge is 2.12. The molecule has 0 aliphatic carbocycles. The first-order valence-corrected chi connectivity index (χ1v) is 5.98. The molecule has 0 unspecified atom stereocenters. The monoisotopic (exact) mass is 271 g/mol. The van der Waals surface area contributed by atoms with E-state index in [4.69, 9.17) is 27.3 Å². The van der Waals surface area contributed by atoms with Crippen LogP contribution in [0.2, 0.25) is 5.02 Å². The summed E-state index contributed by atoms with van der Waals surface area (Å²) in [6.07, 6.45) is 0.884. The summed E-state index contributed by atoms with van der Waals surface area (Å²) < 4.78 is 5.61. The number of benzene rings is 1. The van der Waals surface area contributed by atoms with Crippen LogP contribution in [0.4, 0.5) is 0 Å². The van der Waals surface area contributed by atoms with E-state index in [0.717, 1.165) is 13.0 Å². The van der Waals surface area contributed by atoms with E-state index in [1.165, 1.54) is 0 Å². The molecule has 0 aliphatic heterocycles. The van der Waals surface area contributed by atoms with Gasteiger partial charge in [-0.2, -0.15) is 0 Å². The molecule has 3 N–H and O–H groups in total. The van der Waals surface area contributed by atoms with Gasteiger partial charge in [0.25, 0.3) is 0 Å². The zero-order valence-corrected chi connectivity index (χ0v) is 11.3. The molecular weight excluding hydrogens is 254 g/mol. The van der Waals surface area contributed by atoms with E-state index in [2.05, 4.69) is 10.1 Å². The number of amidine groups is 1. The molecule has 0 aromatic heterocycles. The van der Waals surface area contributed by atoms with Crippen LogP contribution < -0.4 is 10.5 Å². The Balaban J connectivity index is 2.73. The minimum absolute atomic E-state index is 0.0526. The van der Waals surface area contributed by atoms with Gasteiger partial charge in [0.05, 0.1) is 17.2 Å². The highest BCUT2D eigenvalue weighted by Crippen LogP contribution is 2.26. The standard InChI is InChI=1S/C12H18ClN3O2/c1-16(2)7-4-8-18-10-6-3-5-9(13)11(10)12(14)15-17/h3,5-6,17H,4,7-8H2,1-2H3,(H2,14,15). The van der Waals surface area contributed by atoms with E-state index in [1.807, 2.05) is 14.1 Å². The second-order valence-corrected chi connectivity index (χ2v) is 4.51. The molecule has 100 valence electrons. The van der Waals surface area contributed by atoms with Crippen LogP contribution in [-0.4, -0.2) is 43.2 Å². The Morgan fingerprint density at radius 3 is 2.83 bits per heavy atom. The highest BCUT2D eigenvalue weighted by atomic mass is 35.5. The van der Waals surface area contributed by atoms with Gasteiger partial charge < -0.3 is 20.6 Å². The molecule has 1 rings (SSSR count). The van der Waals surface area contributed by atoms with Crippen molar-refractivity contribution in [3.05, 3.63) is 28.8 Å². The number of hydrogen-bond acceptors (Lipinski definition) is 4. The molecular formula is C12H18ClN3O2. The molecule has 0 radical (unpaired) electrons. The first-order chi connectivity index (χ1) is 8.56. The van der Waals surface area contributed by atoms with Gasteiger partial charge in [-0.05, 0) is 32.6 Å². The van der Waals surface area contributed by atoms with Crippen LogP contribution in [0.25, 0.3) is 0 Å². The van der Waals surface area contributed by atoms with Crippen molar-refractivity contribution in [3.8, 4) is 5.75 Å². The normalized spacial score (nSPS) is 11.9. The predicted molar refractivity (Wildman–Crippen MR) is 72.6 cm³/mol. The highest BCUT2D eigenvalue weighted by molar-refractivity contribution is 6.34. The van der Waals surface area contributed by atoms with Crippen molar-refractivity contribution in [1.29, 1.82) is 0 Å². The third-order valence-corrected chi connectivity index (χ3v) is 2.66. The Bertz CT molecular complexity index is 422. The van der Waals surface area contributed by atoms with Gasteiger partial charge >= 0.3 is 0 Å². The Hall–Kier alpha value is -1.46. The Morgan fingerprint density at radius 1 is 1.50 bits per heavy atom. The lowest BCUT2D eigenvalue weighted by Crippen LogP contribution is -2.18. The maximum absolute atomic E-state index is 8.72. The first kappa shape index (κ1) is 14.6. The number of nitrogens with two attached hydrogens (primary N) is 1. The molecule has 18 heavy (non-hydrogen) atoms. The molecule has 0 aliphatic rings. The number of rotatable bonds is 6. The van der Waals surface area contributed by atoms with Crippen LogP contribution in [0, 0.1) is 0 Å². The minimum Gasteiger partial charge on any atom is -0.493 e. The average Bonchev–Trinajstić information content (AvgIpc) is 2.33. The largest absolute Gasteiger partial charge is 0.493 e. The van der Waals surface area contributed by atoms with Crippen LogP contribution in [0.3, 0.4) is 0 Å². The van der Waals surface area contributed by atoms with Gasteiger partial charge in [0.2, 0.25) is 0 Å². The maximum Gasteiger partial charge on any atom is 0.175 e. The van der Waals surface area contributed by atoms with E-state index in [0.29, 0.717) is 22.9 Å². The third-order valence-electron chi connectivity index (χ3n) is 2.35. The Labute approximate surface area is 112 Å². The van der Waals surface area contributed by atoms with Gasteiger partial charge in [-0.25, -0.2) is 0 Å². The van der Waals surface area contributed by atoms with Crippen LogP contribution >= 0.6 is 11.6 Å². The molecule has 0 saturated carbocycles. The van der Waals surface area contributed by atoms with Gasteiger partial charge in [-0.3, -0.25) is 0 Å². The molecule has 0 fully saturated rings. The summed E-state index contributed by atoms with van der Waals surface area (Å²) in [5.41, 5.74) is 6.00. The van der Waals surface area contributed by atoms with Crippen molar-refractivity contribution in [2.24, 2.45) is 10.9 Å². The lowest BCUT2D eigenvalue weighted by atomic mass is 10.2. The summed E-state index contributed by atoms with van der Waals surface area (Å²) in [6, 6.07) is 5.17.